The van der Waals surface area contributed by atoms with Crippen LogP contribution in [0.25, 0.3) is 0 Å². The summed E-state index contributed by atoms with van der Waals surface area (Å²) >= 11 is 0. The molecule has 0 aromatic heterocycles. The van der Waals surface area contributed by atoms with Crippen molar-refractivity contribution in [2.24, 2.45) is 11.3 Å². The highest BCUT2D eigenvalue weighted by Gasteiger charge is 2.40. The topological polar surface area (TPSA) is 79.0 Å². The van der Waals surface area contributed by atoms with Crippen LogP contribution in [0.3, 0.4) is 0 Å². The van der Waals surface area contributed by atoms with Gasteiger partial charge < -0.3 is 15.0 Å². The van der Waals surface area contributed by atoms with Gasteiger partial charge in [0, 0.05) is 19.2 Å². The van der Waals surface area contributed by atoms with Gasteiger partial charge in [-0.1, -0.05) is 65.0 Å². The van der Waals surface area contributed by atoms with Gasteiger partial charge in [-0.3, -0.25) is 14.5 Å². The lowest BCUT2D eigenvalue weighted by molar-refractivity contribution is -0.141. The van der Waals surface area contributed by atoms with Crippen molar-refractivity contribution >= 4 is 17.8 Å². The first-order valence-corrected chi connectivity index (χ1v) is 12.5. The molecule has 3 atom stereocenters. The van der Waals surface area contributed by atoms with Crippen molar-refractivity contribution in [3.8, 4) is 0 Å². The molecule has 1 aliphatic heterocycles. The summed E-state index contributed by atoms with van der Waals surface area (Å²) in [6, 6.07) is 6.49. The third-order valence-corrected chi connectivity index (χ3v) is 6.67. The average molecular weight is 486 g/mol. The zero-order chi connectivity index (χ0) is 26.5. The highest BCUT2D eigenvalue weighted by Crippen LogP contribution is 2.30. The number of esters is 1. The van der Waals surface area contributed by atoms with Gasteiger partial charge in [0.2, 0.25) is 11.8 Å². The van der Waals surface area contributed by atoms with E-state index in [4.69, 9.17) is 4.74 Å². The van der Waals surface area contributed by atoms with Crippen LogP contribution in [0.1, 0.15) is 65.6 Å². The van der Waals surface area contributed by atoms with E-state index in [0.29, 0.717) is 12.2 Å². The first-order chi connectivity index (χ1) is 16.3. The van der Waals surface area contributed by atoms with Crippen molar-refractivity contribution in [1.82, 2.24) is 15.1 Å². The van der Waals surface area contributed by atoms with Crippen LogP contribution in [-0.4, -0.2) is 66.9 Å². The minimum absolute atomic E-state index is 0.0565. The summed E-state index contributed by atoms with van der Waals surface area (Å²) < 4.78 is 5.11. The van der Waals surface area contributed by atoms with Crippen molar-refractivity contribution in [2.45, 2.75) is 73.0 Å². The molecule has 0 bridgehead atoms. The minimum atomic E-state index is -0.736. The van der Waals surface area contributed by atoms with Crippen LogP contribution < -0.4 is 5.32 Å². The van der Waals surface area contributed by atoms with Gasteiger partial charge in [0.05, 0.1) is 12.6 Å². The molecular weight excluding hydrogens is 442 g/mol. The van der Waals surface area contributed by atoms with Crippen LogP contribution >= 0.6 is 0 Å². The highest BCUT2D eigenvalue weighted by molar-refractivity contribution is 5.92. The van der Waals surface area contributed by atoms with Crippen LogP contribution in [0, 0.1) is 11.3 Å². The Labute approximate surface area is 210 Å². The number of benzene rings is 1. The standard InChI is InChI=1S/C28H43N3O4/c1-10-35-27(34)19(4)17-22(18(2)3)31(9)26(33)24(28(5,6)7)29-25(32)23-21-14-12-11-13-20(21)15-16-30(23)8/h11-14,17-18,22-24H,10,15-16H2,1-9H3,(H,29,32)/t22-,23?,24-/m1/s1. The highest BCUT2D eigenvalue weighted by atomic mass is 16.5. The lowest BCUT2D eigenvalue weighted by Crippen LogP contribution is -2.58. The molecule has 0 aliphatic carbocycles. The lowest BCUT2D eigenvalue weighted by atomic mass is 9.84. The fraction of sp³-hybridized carbons (Fsp3) is 0.607. The number of carbonyl (C=O) groups is 3. The Hall–Kier alpha value is -2.67. The third-order valence-electron chi connectivity index (χ3n) is 6.67. The normalized spacial score (nSPS) is 18.5. The summed E-state index contributed by atoms with van der Waals surface area (Å²) in [5, 5.41) is 3.08. The van der Waals surface area contributed by atoms with Gasteiger partial charge in [-0.25, -0.2) is 4.79 Å². The van der Waals surface area contributed by atoms with E-state index < -0.39 is 23.5 Å². The Bertz CT molecular complexity index is 948. The Morgan fingerprint density at radius 1 is 1.23 bits per heavy atom. The zero-order valence-electron chi connectivity index (χ0n) is 22.8. The number of hydrogen-bond donors (Lipinski definition) is 1. The maximum absolute atomic E-state index is 13.8. The van der Waals surface area contributed by atoms with Gasteiger partial charge in [0.15, 0.2) is 0 Å². The first kappa shape index (κ1) is 28.6. The van der Waals surface area contributed by atoms with E-state index in [1.807, 2.05) is 64.8 Å². The molecule has 2 amide bonds. The molecule has 1 heterocycles. The SMILES string of the molecule is CCOC(=O)C(C)=C[C@H](C(C)C)N(C)C(=O)[C@@H](NC(=O)C1c2ccccc2CCN1C)C(C)(C)C. The second-order valence-electron chi connectivity index (χ2n) is 10.9. The maximum atomic E-state index is 13.8. The number of fused-ring (bicyclic) bond motifs is 1. The van der Waals surface area contributed by atoms with E-state index in [-0.39, 0.29) is 23.8 Å². The molecule has 1 aromatic carbocycles. The van der Waals surface area contributed by atoms with Crippen molar-refractivity contribution < 1.29 is 19.1 Å². The molecule has 1 unspecified atom stereocenters. The second-order valence-corrected chi connectivity index (χ2v) is 10.9. The van der Waals surface area contributed by atoms with Gasteiger partial charge >= 0.3 is 5.97 Å². The van der Waals surface area contributed by atoms with Crippen molar-refractivity contribution in [3.05, 3.63) is 47.0 Å². The summed E-state index contributed by atoms with van der Waals surface area (Å²) in [5.74, 6) is -0.704. The maximum Gasteiger partial charge on any atom is 0.333 e. The number of amides is 2. The summed E-state index contributed by atoms with van der Waals surface area (Å²) in [4.78, 5) is 43.3. The number of nitrogens with one attached hydrogen (secondary N) is 1. The van der Waals surface area contributed by atoms with Crippen molar-refractivity contribution in [1.29, 1.82) is 0 Å². The van der Waals surface area contributed by atoms with Crippen LogP contribution in [0.2, 0.25) is 0 Å². The molecule has 35 heavy (non-hydrogen) atoms. The monoisotopic (exact) mass is 485 g/mol. The Balaban J connectivity index is 2.33. The van der Waals surface area contributed by atoms with E-state index in [0.717, 1.165) is 18.5 Å². The fourth-order valence-corrected chi connectivity index (χ4v) is 4.57. The molecule has 0 radical (unpaired) electrons. The number of rotatable bonds is 8. The Morgan fingerprint density at radius 2 is 1.86 bits per heavy atom. The van der Waals surface area contributed by atoms with E-state index >= 15 is 0 Å². The van der Waals surface area contributed by atoms with Gasteiger partial charge in [-0.05, 0) is 49.8 Å². The largest absolute Gasteiger partial charge is 0.463 e. The molecule has 7 heteroatoms. The number of ether oxygens (including phenoxy) is 1. The molecule has 0 saturated carbocycles. The number of nitrogens with zero attached hydrogens (tertiary/aromatic N) is 2. The molecule has 1 aliphatic rings. The smallest absolute Gasteiger partial charge is 0.333 e. The van der Waals surface area contributed by atoms with E-state index in [2.05, 4.69) is 11.4 Å². The average Bonchev–Trinajstić information content (AvgIpc) is 2.78. The van der Waals surface area contributed by atoms with E-state index in [1.165, 1.54) is 5.56 Å². The minimum Gasteiger partial charge on any atom is -0.463 e. The first-order valence-electron chi connectivity index (χ1n) is 12.5. The van der Waals surface area contributed by atoms with Gasteiger partial charge in [-0.15, -0.1) is 0 Å². The van der Waals surface area contributed by atoms with Crippen molar-refractivity contribution in [2.75, 3.05) is 27.2 Å². The van der Waals surface area contributed by atoms with Crippen molar-refractivity contribution in [3.63, 3.8) is 0 Å². The molecule has 0 spiro atoms. The van der Waals surface area contributed by atoms with Crippen LogP contribution in [-0.2, 0) is 25.5 Å². The summed E-state index contributed by atoms with van der Waals surface area (Å²) in [6.07, 6.45) is 2.68. The van der Waals surface area contributed by atoms with E-state index in [9.17, 15) is 14.4 Å². The molecule has 7 nitrogen and oxygen atoms in total. The molecule has 2 rings (SSSR count). The number of carbonyl (C=O) groups excluding carboxylic acids is 3. The van der Waals surface area contributed by atoms with Crippen LogP contribution in [0.5, 0.6) is 0 Å². The van der Waals surface area contributed by atoms with Gasteiger partial charge in [-0.2, -0.15) is 0 Å². The Morgan fingerprint density at radius 3 is 2.43 bits per heavy atom. The molecule has 194 valence electrons. The van der Waals surface area contributed by atoms with E-state index in [1.54, 1.807) is 31.9 Å². The van der Waals surface area contributed by atoms with Crippen LogP contribution in [0.4, 0.5) is 0 Å². The van der Waals surface area contributed by atoms with Gasteiger partial charge in [0.25, 0.3) is 0 Å². The predicted molar refractivity (Wildman–Crippen MR) is 139 cm³/mol. The second kappa shape index (κ2) is 11.8. The van der Waals surface area contributed by atoms with Gasteiger partial charge in [0.1, 0.15) is 12.1 Å². The quantitative estimate of drug-likeness (QED) is 0.448. The van der Waals surface area contributed by atoms with Crippen LogP contribution in [0.15, 0.2) is 35.9 Å². The third kappa shape index (κ3) is 6.94. The number of likely N-dealkylation sites (N-methyl/N-ethyl adjacent to an activating group) is 2. The molecule has 0 saturated heterocycles. The number of hydrogen-bond acceptors (Lipinski definition) is 5. The summed E-state index contributed by atoms with van der Waals surface area (Å²) in [5.41, 5.74) is 2.10. The Kier molecular flexibility index (Phi) is 9.67. The summed E-state index contributed by atoms with van der Waals surface area (Å²) in [7, 11) is 3.67. The summed E-state index contributed by atoms with van der Waals surface area (Å²) in [6.45, 7) is 14.4. The molecule has 0 fully saturated rings. The molecule has 1 aromatic rings. The fourth-order valence-electron chi connectivity index (χ4n) is 4.57. The zero-order valence-corrected chi connectivity index (χ0v) is 22.8. The molecule has 1 N–H and O–H groups in total. The lowest BCUT2D eigenvalue weighted by Gasteiger charge is -2.39. The predicted octanol–water partition coefficient (Wildman–Crippen LogP) is 3.74. The molecular formula is C28H43N3O4.